The summed E-state index contributed by atoms with van der Waals surface area (Å²) in [5.74, 6) is -0.0918. The summed E-state index contributed by atoms with van der Waals surface area (Å²) in [6.45, 7) is 3.41. The van der Waals surface area contributed by atoms with Gasteiger partial charge in [-0.25, -0.2) is 9.37 Å². The first-order valence-electron chi connectivity index (χ1n) is 6.46. The second-order valence-electron chi connectivity index (χ2n) is 4.96. The summed E-state index contributed by atoms with van der Waals surface area (Å²) < 4.78 is 12.9. The summed E-state index contributed by atoms with van der Waals surface area (Å²) in [6.07, 6.45) is 1.66. The standard InChI is InChI=1S/C16H13FN2O2/c1-8-13-12(7-10-3-5-11(17)6-4-10)16(21)19-15(13)18-9(2)14(8)20/h3-7,20H,1-2H3,(H,18,19,21)/b12-7-. The number of carbonyl (C=O) groups excluding carboxylic acids is 1. The van der Waals surface area contributed by atoms with E-state index in [-0.39, 0.29) is 17.5 Å². The van der Waals surface area contributed by atoms with Crippen LogP contribution >= 0.6 is 0 Å². The molecule has 0 saturated carbocycles. The van der Waals surface area contributed by atoms with Crippen molar-refractivity contribution in [3.8, 4) is 5.75 Å². The lowest BCUT2D eigenvalue weighted by atomic mass is 10.00. The molecule has 1 amide bonds. The molecule has 2 N–H and O–H groups in total. The van der Waals surface area contributed by atoms with Crippen molar-refractivity contribution in [3.05, 3.63) is 52.5 Å². The zero-order valence-electron chi connectivity index (χ0n) is 11.6. The number of fused-ring (bicyclic) bond motifs is 1. The fraction of sp³-hybridized carbons (Fsp3) is 0.125. The average molecular weight is 284 g/mol. The van der Waals surface area contributed by atoms with Gasteiger partial charge >= 0.3 is 0 Å². The molecule has 2 aromatic rings. The summed E-state index contributed by atoms with van der Waals surface area (Å²) in [5.41, 5.74) is 2.77. The predicted molar refractivity (Wildman–Crippen MR) is 78.3 cm³/mol. The maximum atomic E-state index is 12.9. The van der Waals surface area contributed by atoms with Crippen molar-refractivity contribution in [1.29, 1.82) is 0 Å². The van der Waals surface area contributed by atoms with Crippen LogP contribution in [0.3, 0.4) is 0 Å². The maximum Gasteiger partial charge on any atom is 0.257 e. The SMILES string of the molecule is Cc1nc2c(c(C)c1O)/C(=C/c1ccc(F)cc1)C(=O)N2. The van der Waals surface area contributed by atoms with Gasteiger partial charge in [0.2, 0.25) is 0 Å². The zero-order chi connectivity index (χ0) is 15.1. The van der Waals surface area contributed by atoms with Crippen LogP contribution in [0.25, 0.3) is 11.6 Å². The Balaban J connectivity index is 2.17. The number of pyridine rings is 1. The van der Waals surface area contributed by atoms with E-state index in [4.69, 9.17) is 0 Å². The summed E-state index contributed by atoms with van der Waals surface area (Å²) in [6, 6.07) is 5.84. The molecule has 0 saturated heterocycles. The lowest BCUT2D eigenvalue weighted by Gasteiger charge is -2.08. The highest BCUT2D eigenvalue weighted by atomic mass is 19.1. The van der Waals surface area contributed by atoms with Crippen LogP contribution in [0, 0.1) is 19.7 Å². The first kappa shape index (κ1) is 13.3. The van der Waals surface area contributed by atoms with Crippen molar-refractivity contribution < 1.29 is 14.3 Å². The third-order valence-corrected chi connectivity index (χ3v) is 3.52. The minimum atomic E-state index is -0.334. The number of halogens is 1. The lowest BCUT2D eigenvalue weighted by molar-refractivity contribution is -0.110. The molecule has 4 nitrogen and oxygen atoms in total. The van der Waals surface area contributed by atoms with Crippen molar-refractivity contribution in [3.63, 3.8) is 0 Å². The molecule has 1 aromatic heterocycles. The van der Waals surface area contributed by atoms with Crippen LogP contribution in [0.5, 0.6) is 5.75 Å². The quantitative estimate of drug-likeness (QED) is 0.791. The number of nitrogens with one attached hydrogen (secondary N) is 1. The molecule has 3 rings (SSSR count). The number of nitrogens with zero attached hydrogens (tertiary/aromatic N) is 1. The Morgan fingerprint density at radius 3 is 2.57 bits per heavy atom. The molecule has 1 aromatic carbocycles. The number of aromatic hydroxyl groups is 1. The van der Waals surface area contributed by atoms with Crippen LogP contribution in [0.2, 0.25) is 0 Å². The van der Waals surface area contributed by atoms with Gasteiger partial charge in [-0.1, -0.05) is 12.1 Å². The highest BCUT2D eigenvalue weighted by Crippen LogP contribution is 2.38. The van der Waals surface area contributed by atoms with Gasteiger partial charge in [-0.2, -0.15) is 0 Å². The normalized spacial score (nSPS) is 15.2. The molecule has 0 bridgehead atoms. The molecule has 0 atom stereocenters. The third-order valence-electron chi connectivity index (χ3n) is 3.52. The van der Waals surface area contributed by atoms with Crippen molar-refractivity contribution in [2.24, 2.45) is 0 Å². The second kappa shape index (κ2) is 4.70. The molecule has 2 heterocycles. The molecule has 0 spiro atoms. The van der Waals surface area contributed by atoms with E-state index in [9.17, 15) is 14.3 Å². The Morgan fingerprint density at radius 2 is 1.90 bits per heavy atom. The number of benzene rings is 1. The van der Waals surface area contributed by atoms with Crippen molar-refractivity contribution in [2.75, 3.05) is 5.32 Å². The average Bonchev–Trinajstić information content (AvgIpc) is 2.75. The van der Waals surface area contributed by atoms with E-state index in [2.05, 4.69) is 10.3 Å². The largest absolute Gasteiger partial charge is 0.506 e. The van der Waals surface area contributed by atoms with Gasteiger partial charge in [0.1, 0.15) is 17.4 Å². The predicted octanol–water partition coefficient (Wildman–Crippen LogP) is 3.04. The van der Waals surface area contributed by atoms with E-state index in [0.29, 0.717) is 33.8 Å². The number of amides is 1. The van der Waals surface area contributed by atoms with Crippen LogP contribution in [-0.2, 0) is 4.79 Å². The minimum Gasteiger partial charge on any atom is -0.506 e. The number of hydrogen-bond donors (Lipinski definition) is 2. The Bertz CT molecular complexity index is 780. The lowest BCUT2D eigenvalue weighted by Crippen LogP contribution is -2.04. The van der Waals surface area contributed by atoms with Crippen LogP contribution in [0.1, 0.15) is 22.4 Å². The van der Waals surface area contributed by atoms with Gasteiger partial charge in [0.25, 0.3) is 5.91 Å². The highest BCUT2D eigenvalue weighted by molar-refractivity contribution is 6.35. The molecule has 0 unspecified atom stereocenters. The summed E-state index contributed by atoms with van der Waals surface area (Å²) in [7, 11) is 0. The first-order chi connectivity index (χ1) is 9.97. The van der Waals surface area contributed by atoms with Crippen LogP contribution in [-0.4, -0.2) is 16.0 Å². The van der Waals surface area contributed by atoms with Gasteiger partial charge < -0.3 is 10.4 Å². The van der Waals surface area contributed by atoms with E-state index in [1.165, 1.54) is 12.1 Å². The number of rotatable bonds is 1. The molecule has 21 heavy (non-hydrogen) atoms. The Morgan fingerprint density at radius 1 is 1.24 bits per heavy atom. The van der Waals surface area contributed by atoms with Crippen molar-refractivity contribution in [1.82, 2.24) is 4.98 Å². The van der Waals surface area contributed by atoms with Crippen LogP contribution < -0.4 is 5.32 Å². The first-order valence-corrected chi connectivity index (χ1v) is 6.46. The van der Waals surface area contributed by atoms with Gasteiger partial charge in [-0.15, -0.1) is 0 Å². The number of anilines is 1. The monoisotopic (exact) mass is 284 g/mol. The molecular formula is C16H13FN2O2. The number of aryl methyl sites for hydroxylation is 1. The topological polar surface area (TPSA) is 62.2 Å². The van der Waals surface area contributed by atoms with E-state index in [0.717, 1.165) is 0 Å². The van der Waals surface area contributed by atoms with E-state index >= 15 is 0 Å². The minimum absolute atomic E-state index is 0.0789. The van der Waals surface area contributed by atoms with Crippen LogP contribution in [0.4, 0.5) is 10.2 Å². The van der Waals surface area contributed by atoms with E-state index < -0.39 is 0 Å². The molecule has 5 heteroatoms. The summed E-state index contributed by atoms with van der Waals surface area (Å²) in [4.78, 5) is 16.3. The number of aromatic nitrogens is 1. The Labute approximate surface area is 121 Å². The summed E-state index contributed by atoms with van der Waals surface area (Å²) >= 11 is 0. The second-order valence-corrected chi connectivity index (χ2v) is 4.96. The molecule has 1 aliphatic rings. The van der Waals surface area contributed by atoms with Crippen molar-refractivity contribution in [2.45, 2.75) is 13.8 Å². The fourth-order valence-corrected chi connectivity index (χ4v) is 2.42. The highest BCUT2D eigenvalue weighted by Gasteiger charge is 2.29. The molecule has 0 fully saturated rings. The van der Waals surface area contributed by atoms with Gasteiger partial charge in [0, 0.05) is 11.1 Å². The molecule has 106 valence electrons. The Kier molecular flexibility index (Phi) is 2.97. The molecule has 0 aliphatic carbocycles. The maximum absolute atomic E-state index is 12.9. The summed E-state index contributed by atoms with van der Waals surface area (Å²) in [5, 5.41) is 12.7. The molecule has 0 radical (unpaired) electrons. The van der Waals surface area contributed by atoms with Crippen LogP contribution in [0.15, 0.2) is 24.3 Å². The fourth-order valence-electron chi connectivity index (χ4n) is 2.42. The van der Waals surface area contributed by atoms with Gasteiger partial charge in [0.15, 0.2) is 0 Å². The Hall–Kier alpha value is -2.69. The number of hydrogen-bond acceptors (Lipinski definition) is 3. The molecule has 1 aliphatic heterocycles. The van der Waals surface area contributed by atoms with E-state index in [1.807, 2.05) is 0 Å². The van der Waals surface area contributed by atoms with Crippen molar-refractivity contribution >= 4 is 23.4 Å². The molecular weight excluding hydrogens is 271 g/mol. The van der Waals surface area contributed by atoms with E-state index in [1.54, 1.807) is 32.1 Å². The smallest absolute Gasteiger partial charge is 0.257 e. The van der Waals surface area contributed by atoms with Gasteiger partial charge in [-0.3, -0.25) is 4.79 Å². The zero-order valence-corrected chi connectivity index (χ0v) is 11.6. The van der Waals surface area contributed by atoms with Gasteiger partial charge in [0.05, 0.1) is 11.3 Å². The number of carbonyl (C=O) groups is 1. The van der Waals surface area contributed by atoms with Gasteiger partial charge in [-0.05, 0) is 37.6 Å². The third kappa shape index (κ3) is 2.16.